The van der Waals surface area contributed by atoms with Gasteiger partial charge in [-0.05, 0) is 100 Å². The number of rotatable bonds is 10. The summed E-state index contributed by atoms with van der Waals surface area (Å²) in [5.74, 6) is -0.0823. The van der Waals surface area contributed by atoms with Gasteiger partial charge in [-0.2, -0.15) is 0 Å². The van der Waals surface area contributed by atoms with Crippen LogP contribution in [0.5, 0.6) is 0 Å². The van der Waals surface area contributed by atoms with Crippen LogP contribution in [0, 0.1) is 40.4 Å². The minimum atomic E-state index is -1.06. The molecule has 0 bridgehead atoms. The molecule has 4 aliphatic heterocycles. The lowest BCUT2D eigenvalue weighted by molar-refractivity contribution is -0.336. The molecule has 7 fully saturated rings. The van der Waals surface area contributed by atoms with Crippen molar-refractivity contribution in [3.63, 3.8) is 0 Å². The summed E-state index contributed by atoms with van der Waals surface area (Å²) in [7, 11) is 0. The summed E-state index contributed by atoms with van der Waals surface area (Å²) in [5.41, 5.74) is -0.824. The second kappa shape index (κ2) is 17.6. The van der Waals surface area contributed by atoms with Crippen molar-refractivity contribution in [1.82, 2.24) is 0 Å². The van der Waals surface area contributed by atoms with Crippen LogP contribution in [0.2, 0.25) is 0 Å². The molecule has 0 radical (unpaired) electrons. The van der Waals surface area contributed by atoms with Gasteiger partial charge in [-0.3, -0.25) is 4.79 Å². The smallest absolute Gasteiger partial charge is 0.331 e. The monoisotopic (exact) mass is 864 g/mol. The third-order valence-corrected chi connectivity index (χ3v) is 16.7. The van der Waals surface area contributed by atoms with E-state index >= 15 is 0 Å². The van der Waals surface area contributed by atoms with E-state index < -0.39 is 90.9 Å². The predicted molar refractivity (Wildman–Crippen MR) is 216 cm³/mol. The first-order valence-electron chi connectivity index (χ1n) is 23.2. The first kappa shape index (κ1) is 45.8. The number of ether oxygens (including phenoxy) is 8. The van der Waals surface area contributed by atoms with E-state index in [-0.39, 0.29) is 73.0 Å². The Kier molecular flexibility index (Phi) is 13.2. The highest BCUT2D eigenvalue weighted by Gasteiger charge is 2.71. The number of carbonyl (C=O) groups excluding carboxylic acids is 2. The van der Waals surface area contributed by atoms with Gasteiger partial charge in [0, 0.05) is 49.5 Å². The lowest BCUT2D eigenvalue weighted by Crippen LogP contribution is -2.62. The Morgan fingerprint density at radius 1 is 0.787 bits per heavy atom. The molecule has 61 heavy (non-hydrogen) atoms. The summed E-state index contributed by atoms with van der Waals surface area (Å²) < 4.78 is 48.6. The van der Waals surface area contributed by atoms with Crippen LogP contribution in [0.15, 0.2) is 11.6 Å². The Bertz CT molecular complexity index is 1590. The molecular weight excluding hydrogens is 792 g/mol. The van der Waals surface area contributed by atoms with Gasteiger partial charge in [-0.25, -0.2) is 4.79 Å². The Balaban J connectivity index is 0.855. The fraction of sp³-hybridized carbons (Fsp3) is 0.913. The quantitative estimate of drug-likeness (QED) is 0.156. The SMILES string of the molecule is CC(C)CC(=O)OC1C[C@]2(O)[C@@H]3CC[C@@H]4C[C@@H](O[C@H]5C[C@H](O)[C@H](O[C@H]6C[C@H](O)[C@H](O[C@H]7C[C@H](O)[C@H](O)[C@@H](C)O7)[C@@H](C)O6)[C@@H](C)O5)CC[C@]4(C)[C@H]3CC[C@]2(C)[C@@H]1C1=CC(=O)OC1. The molecule has 4 aliphatic carbocycles. The van der Waals surface area contributed by atoms with Gasteiger partial charge in [-0.15, -0.1) is 0 Å². The van der Waals surface area contributed by atoms with Crippen LogP contribution < -0.4 is 0 Å². The fourth-order valence-corrected chi connectivity index (χ4v) is 13.5. The first-order chi connectivity index (χ1) is 28.8. The topological polar surface area (TPSA) is 209 Å². The molecule has 0 aromatic heterocycles. The standard InChI is InChI=1S/C46H72O15/c1-22(2)14-36(51)59-34-20-46(53)30-9-8-27-16-28(10-12-44(27,6)29(30)11-13-45(46,7)40(34)26-15-35(50)54-21-26)58-37-18-32(48)42(24(4)56-37)61-39-19-33(49)43(25(5)57-39)60-38-17-31(47)41(52)23(3)55-38/h15,22-25,27-34,37-43,47-49,52-53H,8-14,16-21H2,1-7H3/t23-,24-,25-,27-,28+,29+,30-,31+,32+,33+,34?,37+,38+,39+,40-,41-,42-,43-,44+,45-,46+/m1/s1. The van der Waals surface area contributed by atoms with Crippen molar-refractivity contribution in [2.45, 2.75) is 217 Å². The highest BCUT2D eigenvalue weighted by molar-refractivity contribution is 5.85. The maximum Gasteiger partial charge on any atom is 0.331 e. The fourth-order valence-electron chi connectivity index (χ4n) is 13.5. The van der Waals surface area contributed by atoms with Crippen molar-refractivity contribution in [1.29, 1.82) is 0 Å². The van der Waals surface area contributed by atoms with Crippen LogP contribution in [-0.2, 0) is 47.5 Å². The van der Waals surface area contributed by atoms with E-state index in [0.717, 1.165) is 50.5 Å². The number of aliphatic hydroxyl groups is 5. The van der Waals surface area contributed by atoms with Crippen molar-refractivity contribution in [3.05, 3.63) is 11.6 Å². The highest BCUT2D eigenvalue weighted by Crippen LogP contribution is 2.70. The van der Waals surface area contributed by atoms with Crippen LogP contribution in [0.4, 0.5) is 0 Å². The molecule has 4 saturated carbocycles. The van der Waals surface area contributed by atoms with Gasteiger partial charge in [0.05, 0.1) is 48.3 Å². The van der Waals surface area contributed by atoms with Gasteiger partial charge in [-0.1, -0.05) is 27.7 Å². The van der Waals surface area contributed by atoms with Crippen LogP contribution >= 0.6 is 0 Å². The van der Waals surface area contributed by atoms with E-state index in [2.05, 4.69) is 13.8 Å². The second-order valence-electron chi connectivity index (χ2n) is 21.0. The minimum absolute atomic E-state index is 0.00997. The molecule has 0 aromatic carbocycles. The Morgan fingerprint density at radius 2 is 1.39 bits per heavy atom. The number of fused-ring (bicyclic) bond motifs is 5. The lowest BCUT2D eigenvalue weighted by atomic mass is 9.43. The zero-order valence-corrected chi connectivity index (χ0v) is 37.1. The minimum Gasteiger partial charge on any atom is -0.462 e. The third-order valence-electron chi connectivity index (χ3n) is 16.7. The Labute approximate surface area is 360 Å². The van der Waals surface area contributed by atoms with Crippen LogP contribution in [-0.4, -0.2) is 136 Å². The van der Waals surface area contributed by atoms with E-state index in [9.17, 15) is 35.1 Å². The molecule has 8 aliphatic rings. The summed E-state index contributed by atoms with van der Waals surface area (Å²) in [6.45, 7) is 14.0. The summed E-state index contributed by atoms with van der Waals surface area (Å²) in [5, 5.41) is 55.6. The molecule has 4 heterocycles. The van der Waals surface area contributed by atoms with Crippen molar-refractivity contribution in [2.75, 3.05) is 6.61 Å². The van der Waals surface area contributed by atoms with E-state index in [0.29, 0.717) is 18.8 Å². The molecular formula is C46H72O15. The summed E-state index contributed by atoms with van der Waals surface area (Å²) in [6.07, 6.45) is -1.07. The first-order valence-corrected chi connectivity index (χ1v) is 23.2. The van der Waals surface area contributed by atoms with Crippen molar-refractivity contribution < 1.29 is 73.0 Å². The third kappa shape index (κ3) is 8.61. The summed E-state index contributed by atoms with van der Waals surface area (Å²) in [6, 6.07) is 0. The maximum atomic E-state index is 13.1. The molecule has 1 unspecified atom stereocenters. The molecule has 15 heteroatoms. The molecule has 3 saturated heterocycles. The van der Waals surface area contributed by atoms with Crippen molar-refractivity contribution >= 4 is 11.9 Å². The second-order valence-corrected chi connectivity index (χ2v) is 21.0. The van der Waals surface area contributed by atoms with Gasteiger partial charge < -0.3 is 63.4 Å². The zero-order chi connectivity index (χ0) is 43.8. The Morgan fingerprint density at radius 3 is 1.97 bits per heavy atom. The average Bonchev–Trinajstić information content (AvgIpc) is 3.69. The van der Waals surface area contributed by atoms with E-state index in [1.165, 1.54) is 0 Å². The maximum absolute atomic E-state index is 13.1. The van der Waals surface area contributed by atoms with E-state index in [4.69, 9.17) is 37.9 Å². The highest BCUT2D eigenvalue weighted by atomic mass is 16.7. The normalized spacial score (nSPS) is 51.2. The molecule has 5 N–H and O–H groups in total. The number of aliphatic hydroxyl groups excluding tert-OH is 4. The molecule has 0 spiro atoms. The molecule has 15 nitrogen and oxygen atoms in total. The number of hydrogen-bond donors (Lipinski definition) is 5. The van der Waals surface area contributed by atoms with Crippen molar-refractivity contribution in [3.8, 4) is 0 Å². The lowest BCUT2D eigenvalue weighted by Gasteiger charge is -2.63. The van der Waals surface area contributed by atoms with Crippen LogP contribution in [0.3, 0.4) is 0 Å². The predicted octanol–water partition coefficient (Wildman–Crippen LogP) is 3.82. The van der Waals surface area contributed by atoms with Gasteiger partial charge >= 0.3 is 11.9 Å². The summed E-state index contributed by atoms with van der Waals surface area (Å²) in [4.78, 5) is 25.4. The largest absolute Gasteiger partial charge is 0.462 e. The van der Waals surface area contributed by atoms with E-state index in [1.807, 2.05) is 20.8 Å². The van der Waals surface area contributed by atoms with Gasteiger partial charge in [0.15, 0.2) is 18.9 Å². The molecule has 21 atom stereocenters. The number of cyclic esters (lactones) is 1. The molecule has 8 rings (SSSR count). The van der Waals surface area contributed by atoms with Gasteiger partial charge in [0.1, 0.15) is 31.0 Å². The van der Waals surface area contributed by atoms with Crippen LogP contribution in [0.1, 0.15) is 126 Å². The number of hydrogen-bond acceptors (Lipinski definition) is 15. The van der Waals surface area contributed by atoms with Crippen LogP contribution in [0.25, 0.3) is 0 Å². The van der Waals surface area contributed by atoms with Gasteiger partial charge in [0.25, 0.3) is 0 Å². The Hall–Kier alpha value is -1.76. The number of carbonyl (C=O) groups is 2. The molecule has 0 aromatic rings. The number of esters is 2. The molecule has 346 valence electrons. The van der Waals surface area contributed by atoms with E-state index in [1.54, 1.807) is 19.9 Å². The van der Waals surface area contributed by atoms with Crippen molar-refractivity contribution in [2.24, 2.45) is 40.4 Å². The molecule has 0 amide bonds. The summed E-state index contributed by atoms with van der Waals surface area (Å²) >= 11 is 0. The average molecular weight is 865 g/mol. The van der Waals surface area contributed by atoms with Gasteiger partial charge in [0.2, 0.25) is 0 Å². The zero-order valence-electron chi connectivity index (χ0n) is 37.1.